The molecule has 1 aromatic carbocycles. The summed E-state index contributed by atoms with van der Waals surface area (Å²) in [5.41, 5.74) is 2.03. The van der Waals surface area contributed by atoms with E-state index in [2.05, 4.69) is 22.5 Å². The van der Waals surface area contributed by atoms with Crippen LogP contribution >= 0.6 is 0 Å². The second-order valence-electron chi connectivity index (χ2n) is 5.17. The molecule has 0 unspecified atom stereocenters. The zero-order valence-electron chi connectivity index (χ0n) is 11.8. The summed E-state index contributed by atoms with van der Waals surface area (Å²) in [7, 11) is 0. The first kappa shape index (κ1) is 13.9. The lowest BCUT2D eigenvalue weighted by molar-refractivity contribution is 0.203. The van der Waals surface area contributed by atoms with E-state index in [9.17, 15) is 4.79 Å². The Hall–Kier alpha value is -1.55. The van der Waals surface area contributed by atoms with Crippen molar-refractivity contribution in [2.75, 3.05) is 25.0 Å². The summed E-state index contributed by atoms with van der Waals surface area (Å²) in [6.45, 7) is 7.46. The molecule has 0 radical (unpaired) electrons. The normalized spacial score (nSPS) is 17.2. The van der Waals surface area contributed by atoms with E-state index >= 15 is 0 Å². The Morgan fingerprint density at radius 1 is 1.26 bits per heavy atom. The van der Waals surface area contributed by atoms with Gasteiger partial charge in [-0.15, -0.1) is 0 Å². The number of urea groups is 1. The number of amides is 2. The third kappa shape index (κ3) is 4.24. The van der Waals surface area contributed by atoms with Crippen LogP contribution < -0.4 is 10.6 Å². The fraction of sp³-hybridized carbons (Fsp3) is 0.533. The molecule has 1 aliphatic rings. The zero-order valence-corrected chi connectivity index (χ0v) is 11.8. The van der Waals surface area contributed by atoms with Gasteiger partial charge in [-0.2, -0.15) is 0 Å². The van der Waals surface area contributed by atoms with Crippen molar-refractivity contribution in [3.8, 4) is 0 Å². The summed E-state index contributed by atoms with van der Waals surface area (Å²) >= 11 is 0. The minimum atomic E-state index is -0.0983. The maximum Gasteiger partial charge on any atom is 0.319 e. The number of anilines is 1. The van der Waals surface area contributed by atoms with E-state index < -0.39 is 0 Å². The molecule has 1 saturated heterocycles. The Morgan fingerprint density at radius 3 is 2.47 bits per heavy atom. The van der Waals surface area contributed by atoms with Gasteiger partial charge in [0.25, 0.3) is 0 Å². The number of hydrogen-bond acceptors (Lipinski definition) is 2. The van der Waals surface area contributed by atoms with Crippen LogP contribution in [0.4, 0.5) is 10.5 Å². The van der Waals surface area contributed by atoms with E-state index in [1.165, 1.54) is 5.56 Å². The number of carbonyl (C=O) groups excluding carboxylic acids is 1. The van der Waals surface area contributed by atoms with Gasteiger partial charge >= 0.3 is 6.03 Å². The Bertz CT molecular complexity index is 408. The van der Waals surface area contributed by atoms with E-state index in [0.717, 1.165) is 38.2 Å². The van der Waals surface area contributed by atoms with Gasteiger partial charge in [0, 0.05) is 24.8 Å². The molecule has 0 spiro atoms. The molecular weight excluding hydrogens is 238 g/mol. The van der Waals surface area contributed by atoms with Gasteiger partial charge in [0.15, 0.2) is 0 Å². The minimum Gasteiger partial charge on any atom is -0.335 e. The summed E-state index contributed by atoms with van der Waals surface area (Å²) in [6, 6.07) is 8.04. The van der Waals surface area contributed by atoms with Gasteiger partial charge in [-0.25, -0.2) is 4.79 Å². The number of carbonyl (C=O) groups is 1. The van der Waals surface area contributed by atoms with Gasteiger partial charge in [0.05, 0.1) is 0 Å². The van der Waals surface area contributed by atoms with E-state index in [1.807, 2.05) is 31.2 Å². The predicted molar refractivity (Wildman–Crippen MR) is 78.5 cm³/mol. The second kappa shape index (κ2) is 6.57. The van der Waals surface area contributed by atoms with Crippen molar-refractivity contribution in [1.29, 1.82) is 0 Å². The number of nitrogens with one attached hydrogen (secondary N) is 2. The highest BCUT2D eigenvalue weighted by molar-refractivity contribution is 5.89. The van der Waals surface area contributed by atoms with Crippen LogP contribution in [0.5, 0.6) is 0 Å². The summed E-state index contributed by atoms with van der Waals surface area (Å²) < 4.78 is 0. The van der Waals surface area contributed by atoms with Crippen LogP contribution in [0.2, 0.25) is 0 Å². The van der Waals surface area contributed by atoms with E-state index in [0.29, 0.717) is 6.04 Å². The number of piperidine rings is 1. The fourth-order valence-corrected chi connectivity index (χ4v) is 2.38. The standard InChI is InChI=1S/C15H23N3O/c1-3-18-10-8-14(9-11-18)17-15(19)16-13-6-4-12(2)5-7-13/h4-7,14H,3,8-11H2,1-2H3,(H2,16,17,19). The average molecular weight is 261 g/mol. The molecule has 0 aliphatic carbocycles. The Morgan fingerprint density at radius 2 is 1.89 bits per heavy atom. The number of nitrogens with zero attached hydrogens (tertiary/aromatic N) is 1. The van der Waals surface area contributed by atoms with Crippen molar-refractivity contribution in [2.24, 2.45) is 0 Å². The van der Waals surface area contributed by atoms with Gasteiger partial charge in [-0.1, -0.05) is 24.6 Å². The number of hydrogen-bond donors (Lipinski definition) is 2. The molecule has 2 amide bonds. The largest absolute Gasteiger partial charge is 0.335 e. The third-order valence-corrected chi connectivity index (χ3v) is 3.68. The van der Waals surface area contributed by atoms with E-state index in [4.69, 9.17) is 0 Å². The smallest absolute Gasteiger partial charge is 0.319 e. The van der Waals surface area contributed by atoms with Gasteiger partial charge in [0.1, 0.15) is 0 Å². The van der Waals surface area contributed by atoms with Crippen LogP contribution in [0.25, 0.3) is 0 Å². The summed E-state index contributed by atoms with van der Waals surface area (Å²) in [5, 5.41) is 5.93. The lowest BCUT2D eigenvalue weighted by atomic mass is 10.1. The summed E-state index contributed by atoms with van der Waals surface area (Å²) in [5.74, 6) is 0. The lowest BCUT2D eigenvalue weighted by Crippen LogP contribution is -2.45. The highest BCUT2D eigenvalue weighted by Gasteiger charge is 2.19. The predicted octanol–water partition coefficient (Wildman–Crippen LogP) is 2.60. The molecule has 0 aromatic heterocycles. The van der Waals surface area contributed by atoms with Gasteiger partial charge in [-0.3, -0.25) is 0 Å². The first-order valence-corrected chi connectivity index (χ1v) is 7.04. The topological polar surface area (TPSA) is 44.4 Å². The van der Waals surface area contributed by atoms with Crippen molar-refractivity contribution in [3.63, 3.8) is 0 Å². The summed E-state index contributed by atoms with van der Waals surface area (Å²) in [4.78, 5) is 14.3. The molecule has 2 rings (SSSR count). The summed E-state index contributed by atoms with van der Waals surface area (Å²) in [6.07, 6.45) is 2.07. The van der Waals surface area contributed by atoms with Crippen molar-refractivity contribution in [2.45, 2.75) is 32.7 Å². The van der Waals surface area contributed by atoms with Crippen molar-refractivity contribution in [1.82, 2.24) is 10.2 Å². The Kier molecular flexibility index (Phi) is 4.80. The minimum absolute atomic E-state index is 0.0983. The highest BCUT2D eigenvalue weighted by Crippen LogP contribution is 2.11. The molecule has 104 valence electrons. The van der Waals surface area contributed by atoms with Crippen molar-refractivity contribution in [3.05, 3.63) is 29.8 Å². The molecule has 1 heterocycles. The first-order chi connectivity index (χ1) is 9.17. The molecule has 19 heavy (non-hydrogen) atoms. The number of aryl methyl sites for hydroxylation is 1. The van der Waals surface area contributed by atoms with Crippen LogP contribution in [-0.2, 0) is 0 Å². The highest BCUT2D eigenvalue weighted by atomic mass is 16.2. The molecule has 2 N–H and O–H groups in total. The molecule has 4 nitrogen and oxygen atoms in total. The van der Waals surface area contributed by atoms with Gasteiger partial charge < -0.3 is 15.5 Å². The SMILES string of the molecule is CCN1CCC(NC(=O)Nc2ccc(C)cc2)CC1. The molecule has 0 bridgehead atoms. The van der Waals surface area contributed by atoms with Crippen LogP contribution in [0, 0.1) is 6.92 Å². The fourth-order valence-electron chi connectivity index (χ4n) is 2.38. The molecule has 4 heteroatoms. The zero-order chi connectivity index (χ0) is 13.7. The quantitative estimate of drug-likeness (QED) is 0.878. The van der Waals surface area contributed by atoms with Crippen molar-refractivity contribution < 1.29 is 4.79 Å². The monoisotopic (exact) mass is 261 g/mol. The maximum absolute atomic E-state index is 11.9. The van der Waals surface area contributed by atoms with E-state index in [-0.39, 0.29) is 6.03 Å². The van der Waals surface area contributed by atoms with Gasteiger partial charge in [-0.05, 0) is 38.4 Å². The Balaban J connectivity index is 1.77. The van der Waals surface area contributed by atoms with Crippen LogP contribution in [-0.4, -0.2) is 36.6 Å². The molecule has 1 fully saturated rings. The van der Waals surface area contributed by atoms with Crippen LogP contribution in [0.15, 0.2) is 24.3 Å². The molecule has 0 atom stereocenters. The molecular formula is C15H23N3O. The third-order valence-electron chi connectivity index (χ3n) is 3.68. The molecule has 0 saturated carbocycles. The van der Waals surface area contributed by atoms with Crippen LogP contribution in [0.3, 0.4) is 0 Å². The number of benzene rings is 1. The van der Waals surface area contributed by atoms with Gasteiger partial charge in [0.2, 0.25) is 0 Å². The lowest BCUT2D eigenvalue weighted by Gasteiger charge is -2.31. The Labute approximate surface area is 115 Å². The molecule has 1 aliphatic heterocycles. The number of likely N-dealkylation sites (tertiary alicyclic amines) is 1. The maximum atomic E-state index is 11.9. The van der Waals surface area contributed by atoms with Crippen LogP contribution in [0.1, 0.15) is 25.3 Å². The van der Waals surface area contributed by atoms with Crippen molar-refractivity contribution >= 4 is 11.7 Å². The second-order valence-corrected chi connectivity index (χ2v) is 5.17. The first-order valence-electron chi connectivity index (χ1n) is 7.04. The number of rotatable bonds is 3. The van der Waals surface area contributed by atoms with E-state index in [1.54, 1.807) is 0 Å². The average Bonchev–Trinajstić information content (AvgIpc) is 2.42. The molecule has 1 aromatic rings.